The number of sulfonamides is 1. The zero-order valence-corrected chi connectivity index (χ0v) is 13.1. The second-order valence-corrected chi connectivity index (χ2v) is 7.93. The molecule has 0 spiro atoms. The Labute approximate surface area is 125 Å². The highest BCUT2D eigenvalue weighted by Crippen LogP contribution is 2.37. The summed E-state index contributed by atoms with van der Waals surface area (Å²) in [6.45, 7) is 2.29. The van der Waals surface area contributed by atoms with Gasteiger partial charge in [0.2, 0.25) is 10.0 Å². The van der Waals surface area contributed by atoms with Gasteiger partial charge in [0.05, 0.1) is 11.5 Å². The number of hydrogen-bond acceptors (Lipinski definition) is 3. The van der Waals surface area contributed by atoms with Crippen LogP contribution in [0.15, 0.2) is 23.1 Å². The van der Waals surface area contributed by atoms with Crippen LogP contribution in [0.1, 0.15) is 38.2 Å². The highest BCUT2D eigenvalue weighted by Gasteiger charge is 2.30. The number of halogens is 1. The van der Waals surface area contributed by atoms with Gasteiger partial charge in [-0.25, -0.2) is 13.1 Å². The van der Waals surface area contributed by atoms with Gasteiger partial charge < -0.3 is 5.11 Å². The van der Waals surface area contributed by atoms with Crippen LogP contribution in [0.2, 0.25) is 5.02 Å². The van der Waals surface area contributed by atoms with E-state index in [1.165, 1.54) is 18.2 Å². The summed E-state index contributed by atoms with van der Waals surface area (Å²) in [5.41, 5.74) is 0.473. The van der Waals surface area contributed by atoms with Crippen LogP contribution in [0.3, 0.4) is 0 Å². The third-order valence-corrected chi connectivity index (χ3v) is 5.77. The predicted molar refractivity (Wildman–Crippen MR) is 79.1 cm³/mol. The summed E-state index contributed by atoms with van der Waals surface area (Å²) < 4.78 is 27.2. The van der Waals surface area contributed by atoms with Crippen molar-refractivity contribution >= 4 is 21.6 Å². The largest absolute Gasteiger partial charge is 0.392 e. The number of aliphatic hydroxyl groups excluding tert-OH is 1. The van der Waals surface area contributed by atoms with E-state index in [0.717, 1.165) is 25.7 Å². The lowest BCUT2D eigenvalue weighted by molar-refractivity contribution is 0.281. The van der Waals surface area contributed by atoms with E-state index in [2.05, 4.69) is 11.6 Å². The SMILES string of the molecule is CC1(CNS(=O)(=O)c2ccc(Cl)c(CO)c2)CCCC1. The Balaban J connectivity index is 2.14. The van der Waals surface area contributed by atoms with Crippen molar-refractivity contribution in [3.8, 4) is 0 Å². The van der Waals surface area contributed by atoms with Gasteiger partial charge in [-0.3, -0.25) is 0 Å². The summed E-state index contributed by atoms with van der Waals surface area (Å²) in [5, 5.41) is 9.52. The molecule has 4 nitrogen and oxygen atoms in total. The van der Waals surface area contributed by atoms with Crippen LogP contribution in [0.4, 0.5) is 0 Å². The first-order valence-electron chi connectivity index (χ1n) is 6.75. The van der Waals surface area contributed by atoms with E-state index in [-0.39, 0.29) is 16.9 Å². The molecule has 0 heterocycles. The van der Waals surface area contributed by atoms with Crippen molar-refractivity contribution < 1.29 is 13.5 Å². The van der Waals surface area contributed by atoms with Crippen LogP contribution in [0.5, 0.6) is 0 Å². The van der Waals surface area contributed by atoms with E-state index in [1.807, 2.05) is 0 Å². The molecule has 1 aromatic rings. The van der Waals surface area contributed by atoms with Gasteiger partial charge in [0.15, 0.2) is 0 Å². The Morgan fingerprint density at radius 3 is 2.60 bits per heavy atom. The van der Waals surface area contributed by atoms with Gasteiger partial charge in [-0.15, -0.1) is 0 Å². The van der Waals surface area contributed by atoms with E-state index in [9.17, 15) is 8.42 Å². The maximum absolute atomic E-state index is 12.3. The maximum atomic E-state index is 12.3. The highest BCUT2D eigenvalue weighted by atomic mass is 35.5. The molecule has 0 bridgehead atoms. The average molecular weight is 318 g/mol. The Morgan fingerprint density at radius 2 is 2.00 bits per heavy atom. The van der Waals surface area contributed by atoms with Crippen molar-refractivity contribution in [3.05, 3.63) is 28.8 Å². The van der Waals surface area contributed by atoms with E-state index in [0.29, 0.717) is 17.1 Å². The molecular formula is C14H20ClNO3S. The molecule has 1 fully saturated rings. The minimum atomic E-state index is -3.55. The molecule has 0 radical (unpaired) electrons. The minimum absolute atomic E-state index is 0.0549. The summed E-state index contributed by atoms with van der Waals surface area (Å²) in [5.74, 6) is 0. The Hall–Kier alpha value is -0.620. The lowest BCUT2D eigenvalue weighted by atomic mass is 9.89. The number of hydrogen-bond donors (Lipinski definition) is 2. The Morgan fingerprint density at radius 1 is 1.35 bits per heavy atom. The van der Waals surface area contributed by atoms with Crippen molar-refractivity contribution in [1.82, 2.24) is 4.72 Å². The fourth-order valence-corrected chi connectivity index (χ4v) is 4.02. The van der Waals surface area contributed by atoms with Crippen LogP contribution < -0.4 is 4.72 Å². The standard InChI is InChI=1S/C14H20ClNO3S/c1-14(6-2-3-7-14)10-16-20(18,19)12-4-5-13(15)11(8-12)9-17/h4-5,8,16-17H,2-3,6-7,9-10H2,1H3. The summed E-state index contributed by atoms with van der Waals surface area (Å²) in [4.78, 5) is 0.146. The van der Waals surface area contributed by atoms with E-state index in [1.54, 1.807) is 0 Å². The topological polar surface area (TPSA) is 66.4 Å². The Kier molecular flexibility index (Phi) is 4.74. The molecule has 1 aromatic carbocycles. The van der Waals surface area contributed by atoms with Crippen LogP contribution in [-0.2, 0) is 16.6 Å². The highest BCUT2D eigenvalue weighted by molar-refractivity contribution is 7.89. The second kappa shape index (κ2) is 6.02. The van der Waals surface area contributed by atoms with Crippen LogP contribution in [0, 0.1) is 5.41 Å². The number of aliphatic hydroxyl groups is 1. The minimum Gasteiger partial charge on any atom is -0.392 e. The molecule has 0 atom stereocenters. The summed E-state index contributed by atoms with van der Waals surface area (Å²) in [6.07, 6.45) is 4.43. The first-order chi connectivity index (χ1) is 9.36. The van der Waals surface area contributed by atoms with Crippen molar-refractivity contribution in [2.75, 3.05) is 6.54 Å². The number of rotatable bonds is 5. The zero-order valence-electron chi connectivity index (χ0n) is 11.5. The van der Waals surface area contributed by atoms with Crippen molar-refractivity contribution in [3.63, 3.8) is 0 Å². The third kappa shape index (κ3) is 3.52. The zero-order chi connectivity index (χ0) is 14.8. The van der Waals surface area contributed by atoms with Crippen LogP contribution in [0.25, 0.3) is 0 Å². The molecule has 1 aliphatic rings. The fraction of sp³-hybridized carbons (Fsp3) is 0.571. The first kappa shape index (κ1) is 15.8. The van der Waals surface area contributed by atoms with Gasteiger partial charge >= 0.3 is 0 Å². The van der Waals surface area contributed by atoms with Gasteiger partial charge in [-0.05, 0) is 42.0 Å². The van der Waals surface area contributed by atoms with Crippen LogP contribution >= 0.6 is 11.6 Å². The number of nitrogens with one attached hydrogen (secondary N) is 1. The van der Waals surface area contributed by atoms with Gasteiger partial charge in [0.25, 0.3) is 0 Å². The van der Waals surface area contributed by atoms with E-state index in [4.69, 9.17) is 16.7 Å². The molecule has 6 heteroatoms. The van der Waals surface area contributed by atoms with E-state index < -0.39 is 10.0 Å². The molecule has 1 aliphatic carbocycles. The first-order valence-corrected chi connectivity index (χ1v) is 8.61. The third-order valence-electron chi connectivity index (χ3n) is 4.00. The maximum Gasteiger partial charge on any atom is 0.240 e. The average Bonchev–Trinajstić information content (AvgIpc) is 2.85. The molecule has 20 heavy (non-hydrogen) atoms. The molecule has 0 saturated heterocycles. The smallest absolute Gasteiger partial charge is 0.240 e. The van der Waals surface area contributed by atoms with E-state index >= 15 is 0 Å². The molecule has 0 unspecified atom stereocenters. The lowest BCUT2D eigenvalue weighted by Gasteiger charge is -2.23. The van der Waals surface area contributed by atoms with Gasteiger partial charge in [0.1, 0.15) is 0 Å². The molecule has 0 aromatic heterocycles. The van der Waals surface area contributed by atoms with Gasteiger partial charge in [-0.2, -0.15) is 0 Å². The molecule has 1 saturated carbocycles. The molecule has 2 N–H and O–H groups in total. The quantitative estimate of drug-likeness (QED) is 0.877. The monoisotopic (exact) mass is 317 g/mol. The fourth-order valence-electron chi connectivity index (χ4n) is 2.60. The van der Waals surface area contributed by atoms with Crippen molar-refractivity contribution in [1.29, 1.82) is 0 Å². The second-order valence-electron chi connectivity index (χ2n) is 5.75. The summed E-state index contributed by atoms with van der Waals surface area (Å²) in [6, 6.07) is 4.38. The van der Waals surface area contributed by atoms with Crippen LogP contribution in [-0.4, -0.2) is 20.1 Å². The molecule has 2 rings (SSSR count). The van der Waals surface area contributed by atoms with Gasteiger partial charge in [0, 0.05) is 11.6 Å². The molecule has 0 amide bonds. The number of benzene rings is 1. The van der Waals surface area contributed by atoms with Crippen molar-refractivity contribution in [2.24, 2.45) is 5.41 Å². The molecule has 0 aliphatic heterocycles. The summed E-state index contributed by atoms with van der Waals surface area (Å²) >= 11 is 5.87. The summed E-state index contributed by atoms with van der Waals surface area (Å²) in [7, 11) is -3.55. The predicted octanol–water partition coefficient (Wildman–Crippen LogP) is 2.69. The van der Waals surface area contributed by atoms with Crippen molar-refractivity contribution in [2.45, 2.75) is 44.1 Å². The lowest BCUT2D eigenvalue weighted by Crippen LogP contribution is -2.34. The Bertz CT molecular complexity index is 580. The molecular weight excluding hydrogens is 298 g/mol. The molecule has 112 valence electrons. The normalized spacial score (nSPS) is 18.4. The van der Waals surface area contributed by atoms with Gasteiger partial charge in [-0.1, -0.05) is 31.4 Å².